The van der Waals surface area contributed by atoms with Crippen LogP contribution in [0.15, 0.2) is 24.3 Å². The number of benzene rings is 1. The second-order valence-electron chi connectivity index (χ2n) is 6.39. The van der Waals surface area contributed by atoms with E-state index in [4.69, 9.17) is 16.3 Å². The molecule has 6 nitrogen and oxygen atoms in total. The molecule has 0 atom stereocenters. The molecule has 0 aliphatic heterocycles. The molecule has 0 saturated carbocycles. The fourth-order valence-corrected chi connectivity index (χ4v) is 2.21. The number of halogens is 1. The number of carbonyl (C=O) groups excluding carboxylic acids is 1. The van der Waals surface area contributed by atoms with Gasteiger partial charge < -0.3 is 15.4 Å². The predicted molar refractivity (Wildman–Crippen MR) is 96.1 cm³/mol. The number of aromatic nitrogens is 2. The van der Waals surface area contributed by atoms with Gasteiger partial charge >= 0.3 is 0 Å². The number of nitrogens with zero attached hydrogens (tertiary/aromatic N) is 2. The van der Waals surface area contributed by atoms with Gasteiger partial charge in [0.05, 0.1) is 12.8 Å². The lowest BCUT2D eigenvalue weighted by Crippen LogP contribution is -2.28. The van der Waals surface area contributed by atoms with Crippen LogP contribution in [0.4, 0.5) is 11.6 Å². The maximum atomic E-state index is 12.5. The standard InChI is InChI=1S/C17H21ClN4O2/c1-10-8-13(21-16(19-10)22-17(2,3)4)15(23)20-12-9-11(18)6-7-14(12)24-5/h6-9H,1-5H3,(H,20,23)(H,19,21,22). The number of hydrogen-bond acceptors (Lipinski definition) is 5. The Bertz CT molecular complexity index is 757. The van der Waals surface area contributed by atoms with Crippen LogP contribution < -0.4 is 15.4 Å². The number of ether oxygens (including phenoxy) is 1. The van der Waals surface area contributed by atoms with E-state index >= 15 is 0 Å². The van der Waals surface area contributed by atoms with Gasteiger partial charge in [0.2, 0.25) is 5.95 Å². The molecule has 0 bridgehead atoms. The van der Waals surface area contributed by atoms with E-state index in [0.29, 0.717) is 28.1 Å². The van der Waals surface area contributed by atoms with E-state index in [2.05, 4.69) is 20.6 Å². The van der Waals surface area contributed by atoms with Crippen molar-refractivity contribution >= 4 is 29.1 Å². The van der Waals surface area contributed by atoms with Crippen LogP contribution in [0.1, 0.15) is 37.0 Å². The van der Waals surface area contributed by atoms with Gasteiger partial charge in [-0.3, -0.25) is 4.79 Å². The number of methoxy groups -OCH3 is 1. The highest BCUT2D eigenvalue weighted by Crippen LogP contribution is 2.28. The minimum atomic E-state index is -0.363. The summed E-state index contributed by atoms with van der Waals surface area (Å²) in [5, 5.41) is 6.43. The van der Waals surface area contributed by atoms with Crippen molar-refractivity contribution in [2.45, 2.75) is 33.2 Å². The summed E-state index contributed by atoms with van der Waals surface area (Å²) in [4.78, 5) is 21.1. The maximum Gasteiger partial charge on any atom is 0.274 e. The van der Waals surface area contributed by atoms with Gasteiger partial charge in [0.25, 0.3) is 5.91 Å². The fraction of sp³-hybridized carbons (Fsp3) is 0.353. The Labute approximate surface area is 146 Å². The summed E-state index contributed by atoms with van der Waals surface area (Å²) in [7, 11) is 1.53. The highest BCUT2D eigenvalue weighted by atomic mass is 35.5. The molecule has 24 heavy (non-hydrogen) atoms. The minimum absolute atomic E-state index is 0.211. The van der Waals surface area contributed by atoms with E-state index in [-0.39, 0.29) is 17.1 Å². The predicted octanol–water partition coefficient (Wildman–Crippen LogP) is 3.91. The van der Waals surface area contributed by atoms with Gasteiger partial charge in [0.1, 0.15) is 11.4 Å². The average Bonchev–Trinajstić information content (AvgIpc) is 2.45. The van der Waals surface area contributed by atoms with Crippen LogP contribution >= 0.6 is 11.6 Å². The van der Waals surface area contributed by atoms with Gasteiger partial charge in [-0.2, -0.15) is 0 Å². The summed E-state index contributed by atoms with van der Waals surface area (Å²) >= 11 is 5.98. The number of nitrogens with one attached hydrogen (secondary N) is 2. The van der Waals surface area contributed by atoms with Gasteiger partial charge in [0.15, 0.2) is 0 Å². The molecule has 0 fully saturated rings. The zero-order valence-corrected chi connectivity index (χ0v) is 15.2. The quantitative estimate of drug-likeness (QED) is 0.876. The normalized spacial score (nSPS) is 11.1. The zero-order chi connectivity index (χ0) is 17.9. The third kappa shape index (κ3) is 4.83. The molecule has 1 heterocycles. The Hall–Kier alpha value is -2.34. The maximum absolute atomic E-state index is 12.5. The average molecular weight is 349 g/mol. The molecule has 2 aromatic rings. The molecule has 7 heteroatoms. The molecule has 2 rings (SSSR count). The fourth-order valence-electron chi connectivity index (χ4n) is 2.04. The van der Waals surface area contributed by atoms with Crippen LogP contribution in [0.2, 0.25) is 5.02 Å². The number of hydrogen-bond donors (Lipinski definition) is 2. The third-order valence-electron chi connectivity index (χ3n) is 2.98. The SMILES string of the molecule is COc1ccc(Cl)cc1NC(=O)c1cc(C)nc(NC(C)(C)C)n1. The Kier molecular flexibility index (Phi) is 5.29. The molecule has 0 spiro atoms. The molecule has 1 amide bonds. The number of rotatable bonds is 4. The lowest BCUT2D eigenvalue weighted by molar-refractivity contribution is 0.102. The largest absolute Gasteiger partial charge is 0.495 e. The Morgan fingerprint density at radius 2 is 1.92 bits per heavy atom. The van der Waals surface area contributed by atoms with Crippen molar-refractivity contribution in [3.63, 3.8) is 0 Å². The van der Waals surface area contributed by atoms with Crippen molar-refractivity contribution in [3.8, 4) is 5.75 Å². The van der Waals surface area contributed by atoms with Gasteiger partial charge in [0, 0.05) is 16.3 Å². The first kappa shape index (κ1) is 18.0. The van der Waals surface area contributed by atoms with Gasteiger partial charge in [-0.15, -0.1) is 0 Å². The van der Waals surface area contributed by atoms with Crippen molar-refractivity contribution < 1.29 is 9.53 Å². The van der Waals surface area contributed by atoms with Crippen LogP contribution in [0.3, 0.4) is 0 Å². The summed E-state index contributed by atoms with van der Waals surface area (Å²) in [6, 6.07) is 6.63. The summed E-state index contributed by atoms with van der Waals surface area (Å²) in [6.07, 6.45) is 0. The summed E-state index contributed by atoms with van der Waals surface area (Å²) in [5.41, 5.74) is 1.23. The van der Waals surface area contributed by atoms with Crippen LogP contribution in [0, 0.1) is 6.92 Å². The second-order valence-corrected chi connectivity index (χ2v) is 6.83. The summed E-state index contributed by atoms with van der Waals surface area (Å²) in [5.74, 6) is 0.565. The molecule has 0 radical (unpaired) electrons. The van der Waals surface area contributed by atoms with Crippen LogP contribution in [-0.2, 0) is 0 Å². The van der Waals surface area contributed by atoms with E-state index in [1.165, 1.54) is 7.11 Å². The molecule has 0 unspecified atom stereocenters. The lowest BCUT2D eigenvalue weighted by atomic mass is 10.1. The molecule has 128 valence electrons. The Morgan fingerprint density at radius 1 is 1.21 bits per heavy atom. The van der Waals surface area contributed by atoms with Gasteiger partial charge in [-0.1, -0.05) is 11.6 Å². The Balaban J connectivity index is 2.29. The molecule has 0 aliphatic carbocycles. The number of carbonyl (C=O) groups is 1. The van der Waals surface area contributed by atoms with Crippen molar-refractivity contribution in [1.29, 1.82) is 0 Å². The molecule has 0 saturated heterocycles. The lowest BCUT2D eigenvalue weighted by Gasteiger charge is -2.21. The first-order valence-corrected chi connectivity index (χ1v) is 7.84. The highest BCUT2D eigenvalue weighted by molar-refractivity contribution is 6.31. The molecular formula is C17H21ClN4O2. The van der Waals surface area contributed by atoms with E-state index in [0.717, 1.165) is 0 Å². The first-order chi connectivity index (χ1) is 11.2. The smallest absolute Gasteiger partial charge is 0.274 e. The number of anilines is 2. The minimum Gasteiger partial charge on any atom is -0.495 e. The van der Waals surface area contributed by atoms with Crippen LogP contribution in [-0.4, -0.2) is 28.5 Å². The second kappa shape index (κ2) is 7.05. The zero-order valence-electron chi connectivity index (χ0n) is 14.4. The molecule has 2 N–H and O–H groups in total. The van der Waals surface area contributed by atoms with Gasteiger partial charge in [-0.05, 0) is 52.0 Å². The van der Waals surface area contributed by atoms with Crippen molar-refractivity contribution in [1.82, 2.24) is 9.97 Å². The number of amides is 1. The van der Waals surface area contributed by atoms with Gasteiger partial charge in [-0.25, -0.2) is 9.97 Å². The van der Waals surface area contributed by atoms with Crippen LogP contribution in [0.25, 0.3) is 0 Å². The molecule has 0 aliphatic rings. The van der Waals surface area contributed by atoms with Crippen molar-refractivity contribution in [2.24, 2.45) is 0 Å². The molecule has 1 aromatic carbocycles. The van der Waals surface area contributed by atoms with Crippen molar-refractivity contribution in [3.05, 3.63) is 40.7 Å². The summed E-state index contributed by atoms with van der Waals surface area (Å²) in [6.45, 7) is 7.80. The first-order valence-electron chi connectivity index (χ1n) is 7.47. The molecular weight excluding hydrogens is 328 g/mol. The Morgan fingerprint density at radius 3 is 2.54 bits per heavy atom. The van der Waals surface area contributed by atoms with Crippen LogP contribution in [0.5, 0.6) is 5.75 Å². The van der Waals surface area contributed by atoms with E-state index in [1.54, 1.807) is 24.3 Å². The summed E-state index contributed by atoms with van der Waals surface area (Å²) < 4.78 is 5.23. The monoisotopic (exact) mass is 348 g/mol. The topological polar surface area (TPSA) is 76.1 Å². The van der Waals surface area contributed by atoms with Crippen molar-refractivity contribution in [2.75, 3.05) is 17.7 Å². The van der Waals surface area contributed by atoms with E-state index in [9.17, 15) is 4.79 Å². The number of aryl methyl sites for hydroxylation is 1. The van der Waals surface area contributed by atoms with E-state index < -0.39 is 0 Å². The molecule has 1 aromatic heterocycles. The van der Waals surface area contributed by atoms with E-state index in [1.807, 2.05) is 27.7 Å². The third-order valence-corrected chi connectivity index (χ3v) is 3.22. The highest BCUT2D eigenvalue weighted by Gasteiger charge is 2.16.